The molecule has 5 rings (SSSR count). The van der Waals surface area contributed by atoms with Gasteiger partial charge in [-0.15, -0.1) is 0 Å². The van der Waals surface area contributed by atoms with Gasteiger partial charge in [0.2, 0.25) is 0 Å². The quantitative estimate of drug-likeness (QED) is 0.181. The van der Waals surface area contributed by atoms with Crippen LogP contribution in [0.1, 0.15) is 32.0 Å². The second kappa shape index (κ2) is 10.6. The molecule has 0 saturated heterocycles. The smallest absolute Gasteiger partial charge is 0.417 e. The highest BCUT2D eigenvalue weighted by Crippen LogP contribution is 2.38. The zero-order valence-corrected chi connectivity index (χ0v) is 20.8. The third-order valence-electron chi connectivity index (χ3n) is 6.10. The number of nitrogens with one attached hydrogen (secondary N) is 1. The van der Waals surface area contributed by atoms with Crippen molar-refractivity contribution in [2.24, 2.45) is 0 Å². The summed E-state index contributed by atoms with van der Waals surface area (Å²) in [7, 11) is 1.48. The minimum Gasteiger partial charge on any atom is -0.457 e. The van der Waals surface area contributed by atoms with Gasteiger partial charge in [0, 0.05) is 48.3 Å². The lowest BCUT2D eigenvalue weighted by Gasteiger charge is -2.14. The molecule has 0 unspecified atom stereocenters. The van der Waals surface area contributed by atoms with Crippen LogP contribution in [-0.4, -0.2) is 28.9 Å². The van der Waals surface area contributed by atoms with Gasteiger partial charge in [0.05, 0.1) is 5.56 Å². The number of benzene rings is 3. The van der Waals surface area contributed by atoms with Crippen LogP contribution >= 0.6 is 0 Å². The molecule has 1 amide bonds. The average Bonchev–Trinajstić information content (AvgIpc) is 3.38. The molecule has 0 saturated carbocycles. The number of fused-ring (bicyclic) bond motifs is 1. The van der Waals surface area contributed by atoms with E-state index in [2.05, 4.69) is 20.0 Å². The minimum absolute atomic E-state index is 0.115. The number of nitrogens with zero attached hydrogens (tertiary/aromatic N) is 2. The molecule has 202 valence electrons. The van der Waals surface area contributed by atoms with Crippen LogP contribution in [0.25, 0.3) is 22.1 Å². The van der Waals surface area contributed by atoms with Crippen molar-refractivity contribution < 1.29 is 36.4 Å². The summed E-state index contributed by atoms with van der Waals surface area (Å²) in [6.45, 7) is 0. The fraction of sp³-hybridized carbons (Fsp3) is 0.103. The van der Waals surface area contributed by atoms with E-state index in [1.54, 1.807) is 42.5 Å². The Morgan fingerprint density at radius 2 is 1.75 bits per heavy atom. The predicted octanol–water partition coefficient (Wildman–Crippen LogP) is 6.63. The van der Waals surface area contributed by atoms with Crippen LogP contribution in [-0.2, 0) is 12.6 Å². The van der Waals surface area contributed by atoms with E-state index in [4.69, 9.17) is 4.74 Å². The first-order chi connectivity index (χ1) is 19.1. The number of pyridine rings is 1. The normalized spacial score (nSPS) is 11.4. The number of halogens is 4. The number of ketones is 1. The van der Waals surface area contributed by atoms with Crippen molar-refractivity contribution in [3.63, 3.8) is 0 Å². The van der Waals surface area contributed by atoms with Crippen LogP contribution in [0.4, 0.5) is 17.6 Å². The van der Waals surface area contributed by atoms with Crippen molar-refractivity contribution in [1.29, 1.82) is 0 Å². The van der Waals surface area contributed by atoms with E-state index in [9.17, 15) is 27.2 Å². The van der Waals surface area contributed by atoms with Gasteiger partial charge in [-0.2, -0.15) is 17.6 Å². The van der Waals surface area contributed by atoms with Gasteiger partial charge in [0.15, 0.2) is 11.5 Å². The standard InChI is InChI=1S/C29H19F4N3O4/c1-34-28(38)23-14-17(10-11-35-23)39-25-7-3-4-18-19(5-2-6-20(18)25)24(37)13-16-8-9-21(22(12-16)29(31,32)33)26-15-27(30)36-40-26/h2-12,14-15H,13H2,1H3,(H,34,38). The Morgan fingerprint density at radius 3 is 2.48 bits per heavy atom. The number of hydrogen-bond donors (Lipinski definition) is 1. The Labute approximate surface area is 224 Å². The second-order valence-electron chi connectivity index (χ2n) is 8.71. The molecular formula is C29H19F4N3O4. The number of ether oxygens (including phenoxy) is 1. The van der Waals surface area contributed by atoms with Gasteiger partial charge < -0.3 is 14.6 Å². The van der Waals surface area contributed by atoms with E-state index < -0.39 is 23.5 Å². The van der Waals surface area contributed by atoms with Crippen molar-refractivity contribution in [2.45, 2.75) is 12.6 Å². The number of rotatable bonds is 7. The second-order valence-corrected chi connectivity index (χ2v) is 8.71. The van der Waals surface area contributed by atoms with E-state index in [0.29, 0.717) is 27.8 Å². The highest BCUT2D eigenvalue weighted by Gasteiger charge is 2.35. The summed E-state index contributed by atoms with van der Waals surface area (Å²) in [4.78, 5) is 29.2. The van der Waals surface area contributed by atoms with Crippen molar-refractivity contribution >= 4 is 22.5 Å². The molecule has 3 aromatic carbocycles. The van der Waals surface area contributed by atoms with Crippen LogP contribution in [0.15, 0.2) is 83.5 Å². The van der Waals surface area contributed by atoms with E-state index >= 15 is 0 Å². The number of carbonyl (C=O) groups excluding carboxylic acids is 2. The summed E-state index contributed by atoms with van der Waals surface area (Å²) in [6.07, 6.45) is -3.68. The predicted molar refractivity (Wildman–Crippen MR) is 137 cm³/mol. The Kier molecular flexibility index (Phi) is 7.03. The molecule has 0 bridgehead atoms. The van der Waals surface area contributed by atoms with Crippen molar-refractivity contribution in [3.8, 4) is 22.8 Å². The molecular weight excluding hydrogens is 530 g/mol. The third kappa shape index (κ3) is 5.39. The maximum atomic E-state index is 13.8. The first-order valence-electron chi connectivity index (χ1n) is 11.9. The number of amides is 1. The lowest BCUT2D eigenvalue weighted by molar-refractivity contribution is -0.137. The van der Waals surface area contributed by atoms with Crippen LogP contribution in [0.5, 0.6) is 11.5 Å². The molecule has 0 aliphatic rings. The molecule has 0 aliphatic carbocycles. The van der Waals surface area contributed by atoms with Gasteiger partial charge in [0.1, 0.15) is 17.2 Å². The van der Waals surface area contributed by atoms with Crippen LogP contribution < -0.4 is 10.1 Å². The summed E-state index contributed by atoms with van der Waals surface area (Å²) < 4.78 is 65.4. The number of aromatic nitrogens is 2. The molecule has 0 atom stereocenters. The highest BCUT2D eigenvalue weighted by atomic mass is 19.4. The van der Waals surface area contributed by atoms with E-state index in [1.165, 1.54) is 25.4 Å². The lowest BCUT2D eigenvalue weighted by Crippen LogP contribution is -2.18. The van der Waals surface area contributed by atoms with Gasteiger partial charge in [-0.1, -0.05) is 42.5 Å². The molecule has 40 heavy (non-hydrogen) atoms. The van der Waals surface area contributed by atoms with E-state index in [1.807, 2.05) is 0 Å². The molecule has 11 heteroatoms. The molecule has 0 aliphatic heterocycles. The summed E-state index contributed by atoms with van der Waals surface area (Å²) in [5, 5.41) is 6.62. The number of alkyl halides is 3. The van der Waals surface area contributed by atoms with Gasteiger partial charge in [-0.25, -0.2) is 0 Å². The van der Waals surface area contributed by atoms with Gasteiger partial charge >= 0.3 is 6.18 Å². The van der Waals surface area contributed by atoms with Crippen molar-refractivity contribution in [1.82, 2.24) is 15.5 Å². The fourth-order valence-electron chi connectivity index (χ4n) is 4.28. The maximum absolute atomic E-state index is 13.8. The molecule has 1 N–H and O–H groups in total. The summed E-state index contributed by atoms with van der Waals surface area (Å²) in [6, 6.07) is 17.2. The molecule has 0 fully saturated rings. The highest BCUT2D eigenvalue weighted by molar-refractivity contribution is 6.10. The van der Waals surface area contributed by atoms with Crippen LogP contribution in [0.3, 0.4) is 0 Å². The van der Waals surface area contributed by atoms with Crippen molar-refractivity contribution in [3.05, 3.63) is 107 Å². The zero-order chi connectivity index (χ0) is 28.4. The third-order valence-corrected chi connectivity index (χ3v) is 6.10. The number of hydrogen-bond acceptors (Lipinski definition) is 6. The Morgan fingerprint density at radius 1 is 0.975 bits per heavy atom. The first-order valence-corrected chi connectivity index (χ1v) is 11.9. The van der Waals surface area contributed by atoms with Gasteiger partial charge in [0.25, 0.3) is 11.9 Å². The monoisotopic (exact) mass is 549 g/mol. The topological polar surface area (TPSA) is 94.3 Å². The summed E-state index contributed by atoms with van der Waals surface area (Å²) >= 11 is 0. The largest absolute Gasteiger partial charge is 0.457 e. The average molecular weight is 549 g/mol. The lowest BCUT2D eigenvalue weighted by atomic mass is 9.94. The molecule has 0 radical (unpaired) electrons. The van der Waals surface area contributed by atoms with Crippen molar-refractivity contribution in [2.75, 3.05) is 7.05 Å². The van der Waals surface area contributed by atoms with E-state index in [-0.39, 0.29) is 34.9 Å². The number of carbonyl (C=O) groups is 2. The molecule has 0 spiro atoms. The Bertz CT molecular complexity index is 1750. The van der Waals surface area contributed by atoms with E-state index in [0.717, 1.165) is 18.2 Å². The SMILES string of the molecule is CNC(=O)c1cc(Oc2cccc3c(C(=O)Cc4ccc(-c5cc(F)no5)c(C(F)(F)F)c4)cccc23)ccn1. The minimum atomic E-state index is -4.78. The zero-order valence-electron chi connectivity index (χ0n) is 20.8. The van der Waals surface area contributed by atoms with Gasteiger partial charge in [-0.05, 0) is 34.3 Å². The summed E-state index contributed by atoms with van der Waals surface area (Å²) in [5.74, 6) is -1.46. The molecule has 2 aromatic heterocycles. The maximum Gasteiger partial charge on any atom is 0.417 e. The molecule has 7 nitrogen and oxygen atoms in total. The molecule has 2 heterocycles. The molecule has 5 aromatic rings. The Balaban J connectivity index is 1.46. The Hall–Kier alpha value is -5.06. The fourth-order valence-corrected chi connectivity index (χ4v) is 4.28. The number of Topliss-reactive ketones (excluding diaryl/α,β-unsaturated/α-hetero) is 1. The van der Waals surface area contributed by atoms with Crippen LogP contribution in [0, 0.1) is 5.95 Å². The van der Waals surface area contributed by atoms with Gasteiger partial charge in [-0.3, -0.25) is 14.6 Å². The summed E-state index contributed by atoms with van der Waals surface area (Å²) in [5.41, 5.74) is -0.893. The van der Waals surface area contributed by atoms with Crippen LogP contribution in [0.2, 0.25) is 0 Å². The first kappa shape index (κ1) is 26.5.